The topological polar surface area (TPSA) is 50.8 Å². The lowest BCUT2D eigenvalue weighted by atomic mass is 10.1. The Morgan fingerprint density at radius 2 is 1.76 bits per heavy atom. The molecule has 0 aromatic heterocycles. The van der Waals surface area contributed by atoms with E-state index >= 15 is 0 Å². The van der Waals surface area contributed by atoms with Crippen LogP contribution in [0.4, 0.5) is 10.5 Å². The predicted octanol–water partition coefficient (Wildman–Crippen LogP) is 4.59. The first kappa shape index (κ1) is 19.1. The minimum Gasteiger partial charge on any atom is -0.497 e. The van der Waals surface area contributed by atoms with Crippen molar-refractivity contribution in [3.63, 3.8) is 0 Å². The number of hydrogen-bond acceptors (Lipinski definition) is 4. The van der Waals surface area contributed by atoms with Gasteiger partial charge in [-0.3, -0.25) is 5.32 Å². The number of amides is 1. The average Bonchev–Trinajstić information content (AvgIpc) is 2.60. The maximum atomic E-state index is 12.3. The Kier molecular flexibility index (Phi) is 7.10. The van der Waals surface area contributed by atoms with Gasteiger partial charge in [0.1, 0.15) is 11.9 Å². The third-order valence-corrected chi connectivity index (χ3v) is 3.92. The van der Waals surface area contributed by atoms with Crippen LogP contribution in [-0.4, -0.2) is 38.7 Å². The van der Waals surface area contributed by atoms with Gasteiger partial charge in [0.2, 0.25) is 0 Å². The van der Waals surface area contributed by atoms with Gasteiger partial charge in [-0.25, -0.2) is 4.79 Å². The highest BCUT2D eigenvalue weighted by atomic mass is 35.5. The summed E-state index contributed by atoms with van der Waals surface area (Å²) >= 11 is 5.94. The molecule has 1 unspecified atom stereocenters. The van der Waals surface area contributed by atoms with Gasteiger partial charge in [-0.1, -0.05) is 23.7 Å². The standard InChI is InChI=1S/C19H23ClN2O3/c1-22(2)13-12-18(14-4-6-15(20)7-5-14)25-19(23)21-16-8-10-17(24-3)11-9-16/h4-11,18H,12-13H2,1-3H3,(H,21,23). The molecule has 2 rings (SSSR count). The molecule has 2 aromatic rings. The number of carbonyl (C=O) groups is 1. The number of benzene rings is 2. The number of ether oxygens (including phenoxy) is 2. The monoisotopic (exact) mass is 362 g/mol. The van der Waals surface area contributed by atoms with Crippen molar-refractivity contribution in [2.75, 3.05) is 33.1 Å². The van der Waals surface area contributed by atoms with E-state index in [1.807, 2.05) is 31.1 Å². The molecule has 0 heterocycles. The van der Waals surface area contributed by atoms with Crippen molar-refractivity contribution in [1.29, 1.82) is 0 Å². The van der Waals surface area contributed by atoms with Crippen molar-refractivity contribution < 1.29 is 14.3 Å². The van der Waals surface area contributed by atoms with Crippen molar-refractivity contribution in [1.82, 2.24) is 4.90 Å². The highest BCUT2D eigenvalue weighted by molar-refractivity contribution is 6.30. The van der Waals surface area contributed by atoms with Crippen molar-refractivity contribution in [3.8, 4) is 5.75 Å². The first-order chi connectivity index (χ1) is 12.0. The van der Waals surface area contributed by atoms with Gasteiger partial charge in [-0.05, 0) is 56.1 Å². The molecule has 0 spiro atoms. The maximum Gasteiger partial charge on any atom is 0.412 e. The predicted molar refractivity (Wildman–Crippen MR) is 100 cm³/mol. The normalized spacial score (nSPS) is 11.9. The molecular weight excluding hydrogens is 340 g/mol. The molecule has 0 bridgehead atoms. The lowest BCUT2D eigenvalue weighted by molar-refractivity contribution is 0.1000. The van der Waals surface area contributed by atoms with E-state index in [0.717, 1.165) is 17.9 Å². The first-order valence-electron chi connectivity index (χ1n) is 8.00. The number of rotatable bonds is 7. The summed E-state index contributed by atoms with van der Waals surface area (Å²) in [4.78, 5) is 14.3. The Bertz CT molecular complexity index is 672. The molecule has 0 aliphatic heterocycles. The first-order valence-corrected chi connectivity index (χ1v) is 8.37. The van der Waals surface area contributed by atoms with E-state index in [2.05, 4.69) is 5.32 Å². The molecule has 1 N–H and O–H groups in total. The molecule has 5 nitrogen and oxygen atoms in total. The summed E-state index contributed by atoms with van der Waals surface area (Å²) in [5, 5.41) is 3.39. The minimum absolute atomic E-state index is 0.349. The number of methoxy groups -OCH3 is 1. The summed E-state index contributed by atoms with van der Waals surface area (Å²) in [5.74, 6) is 0.726. The van der Waals surface area contributed by atoms with Crippen molar-refractivity contribution in [2.45, 2.75) is 12.5 Å². The summed E-state index contributed by atoms with van der Waals surface area (Å²) in [6.45, 7) is 0.795. The zero-order valence-electron chi connectivity index (χ0n) is 14.7. The highest BCUT2D eigenvalue weighted by Crippen LogP contribution is 2.24. The van der Waals surface area contributed by atoms with Gasteiger partial charge in [0.25, 0.3) is 0 Å². The van der Waals surface area contributed by atoms with E-state index in [-0.39, 0.29) is 6.10 Å². The van der Waals surface area contributed by atoms with Gasteiger partial charge in [0.05, 0.1) is 7.11 Å². The molecule has 1 amide bonds. The third-order valence-electron chi connectivity index (χ3n) is 3.67. The molecule has 25 heavy (non-hydrogen) atoms. The quantitative estimate of drug-likeness (QED) is 0.782. The van der Waals surface area contributed by atoms with Crippen molar-refractivity contribution in [2.24, 2.45) is 0 Å². The summed E-state index contributed by atoms with van der Waals surface area (Å²) < 4.78 is 10.7. The van der Waals surface area contributed by atoms with Crippen LogP contribution in [0.1, 0.15) is 18.1 Å². The van der Waals surface area contributed by atoms with Crippen LogP contribution in [0, 0.1) is 0 Å². The smallest absolute Gasteiger partial charge is 0.412 e. The molecule has 0 aliphatic carbocycles. The zero-order chi connectivity index (χ0) is 18.2. The molecule has 6 heteroatoms. The van der Waals surface area contributed by atoms with E-state index in [9.17, 15) is 4.79 Å². The van der Waals surface area contributed by atoms with E-state index in [4.69, 9.17) is 21.1 Å². The fraction of sp³-hybridized carbons (Fsp3) is 0.316. The maximum absolute atomic E-state index is 12.3. The number of carbonyl (C=O) groups excluding carboxylic acids is 1. The fourth-order valence-corrected chi connectivity index (χ4v) is 2.42. The van der Waals surface area contributed by atoms with Gasteiger partial charge >= 0.3 is 6.09 Å². The van der Waals surface area contributed by atoms with Crippen LogP contribution >= 0.6 is 11.6 Å². The van der Waals surface area contributed by atoms with Crippen molar-refractivity contribution >= 4 is 23.4 Å². The Morgan fingerprint density at radius 3 is 2.32 bits per heavy atom. The zero-order valence-corrected chi connectivity index (χ0v) is 15.4. The number of anilines is 1. The van der Waals surface area contributed by atoms with Gasteiger partial charge < -0.3 is 14.4 Å². The van der Waals surface area contributed by atoms with E-state index < -0.39 is 6.09 Å². The van der Waals surface area contributed by atoms with E-state index in [1.165, 1.54) is 0 Å². The van der Waals surface area contributed by atoms with Crippen LogP contribution in [0.2, 0.25) is 5.02 Å². The largest absolute Gasteiger partial charge is 0.497 e. The molecular formula is C19H23ClN2O3. The molecule has 0 aliphatic rings. The van der Waals surface area contributed by atoms with Crippen LogP contribution in [0.25, 0.3) is 0 Å². The summed E-state index contributed by atoms with van der Waals surface area (Å²) in [6, 6.07) is 14.4. The van der Waals surface area contributed by atoms with Crippen LogP contribution < -0.4 is 10.1 Å². The van der Waals surface area contributed by atoms with Crippen LogP contribution in [0.5, 0.6) is 5.75 Å². The minimum atomic E-state index is -0.496. The summed E-state index contributed by atoms with van der Waals surface area (Å²) in [7, 11) is 5.56. The molecule has 0 fully saturated rings. The SMILES string of the molecule is COc1ccc(NC(=O)OC(CCN(C)C)c2ccc(Cl)cc2)cc1. The van der Waals surface area contributed by atoms with Crippen LogP contribution in [0.15, 0.2) is 48.5 Å². The second-order valence-corrected chi connectivity index (χ2v) is 6.33. The summed E-state index contributed by atoms with van der Waals surface area (Å²) in [6.07, 6.45) is -0.160. The lowest BCUT2D eigenvalue weighted by Gasteiger charge is -2.20. The third kappa shape index (κ3) is 6.29. The number of hydrogen-bond donors (Lipinski definition) is 1. The van der Waals surface area contributed by atoms with Gasteiger partial charge in [-0.2, -0.15) is 0 Å². The second kappa shape index (κ2) is 9.30. The second-order valence-electron chi connectivity index (χ2n) is 5.89. The number of nitrogens with zero attached hydrogens (tertiary/aromatic N) is 1. The van der Waals surface area contributed by atoms with Crippen molar-refractivity contribution in [3.05, 3.63) is 59.1 Å². The lowest BCUT2D eigenvalue weighted by Crippen LogP contribution is -2.21. The highest BCUT2D eigenvalue weighted by Gasteiger charge is 2.17. The fourth-order valence-electron chi connectivity index (χ4n) is 2.30. The molecule has 2 aromatic carbocycles. The molecule has 0 saturated carbocycles. The Morgan fingerprint density at radius 1 is 1.12 bits per heavy atom. The molecule has 134 valence electrons. The van der Waals surface area contributed by atoms with E-state index in [1.54, 1.807) is 43.5 Å². The molecule has 0 saturated heterocycles. The van der Waals surface area contributed by atoms with Crippen LogP contribution in [0.3, 0.4) is 0 Å². The number of halogens is 1. The van der Waals surface area contributed by atoms with Crippen LogP contribution in [-0.2, 0) is 4.74 Å². The van der Waals surface area contributed by atoms with Gasteiger partial charge in [-0.15, -0.1) is 0 Å². The van der Waals surface area contributed by atoms with E-state index in [0.29, 0.717) is 17.1 Å². The Hall–Kier alpha value is -2.24. The Balaban J connectivity index is 2.03. The molecule has 0 radical (unpaired) electrons. The number of nitrogens with one attached hydrogen (secondary N) is 1. The molecule has 1 atom stereocenters. The van der Waals surface area contributed by atoms with Gasteiger partial charge in [0, 0.05) is 23.7 Å². The van der Waals surface area contributed by atoms with Gasteiger partial charge in [0.15, 0.2) is 0 Å². The average molecular weight is 363 g/mol. The Labute approximate surface area is 153 Å². The summed E-state index contributed by atoms with van der Waals surface area (Å²) in [5.41, 5.74) is 1.56.